The van der Waals surface area contributed by atoms with Gasteiger partial charge in [-0.1, -0.05) is 24.3 Å². The number of nitrogens with zero attached hydrogens (tertiary/aromatic N) is 4. The van der Waals surface area contributed by atoms with Crippen LogP contribution in [0.5, 0.6) is 0 Å². The quantitative estimate of drug-likeness (QED) is 0.763. The van der Waals surface area contributed by atoms with Crippen LogP contribution in [0, 0.1) is 17.7 Å². The smallest absolute Gasteiger partial charge is 0.226 e. The minimum absolute atomic E-state index is 0.0216. The summed E-state index contributed by atoms with van der Waals surface area (Å²) in [5, 5.41) is 0. The molecule has 1 fully saturated rings. The van der Waals surface area contributed by atoms with Crippen LogP contribution in [0.3, 0.4) is 0 Å². The van der Waals surface area contributed by atoms with Crippen LogP contribution in [-0.2, 0) is 11.3 Å². The summed E-state index contributed by atoms with van der Waals surface area (Å²) in [6, 6.07) is 6.42. The Bertz CT molecular complexity index is 816. The van der Waals surface area contributed by atoms with Crippen molar-refractivity contribution in [1.29, 1.82) is 0 Å². The highest BCUT2D eigenvalue weighted by molar-refractivity contribution is 5.80. The summed E-state index contributed by atoms with van der Waals surface area (Å²) < 4.78 is 13.2. The first-order valence-corrected chi connectivity index (χ1v) is 9.89. The lowest BCUT2D eigenvalue weighted by molar-refractivity contribution is -0.137. The molecule has 1 aromatic carbocycles. The van der Waals surface area contributed by atoms with Crippen molar-refractivity contribution in [3.05, 3.63) is 66.5 Å². The van der Waals surface area contributed by atoms with E-state index in [1.165, 1.54) is 12.1 Å². The Morgan fingerprint density at radius 1 is 1.04 bits per heavy atom. The Labute approximate surface area is 164 Å². The molecule has 1 aromatic heterocycles. The van der Waals surface area contributed by atoms with Crippen LogP contribution in [0.25, 0.3) is 0 Å². The zero-order chi connectivity index (χ0) is 19.3. The second-order valence-electron chi connectivity index (χ2n) is 7.58. The van der Waals surface area contributed by atoms with E-state index >= 15 is 0 Å². The zero-order valence-electron chi connectivity index (χ0n) is 15.9. The van der Waals surface area contributed by atoms with E-state index in [1.54, 1.807) is 18.5 Å². The summed E-state index contributed by atoms with van der Waals surface area (Å²) in [7, 11) is 0. The molecule has 0 radical (unpaired) electrons. The number of aromatic nitrogens is 2. The zero-order valence-corrected chi connectivity index (χ0v) is 15.9. The Kier molecular flexibility index (Phi) is 5.65. The van der Waals surface area contributed by atoms with Gasteiger partial charge >= 0.3 is 0 Å². The number of benzene rings is 1. The minimum Gasteiger partial charge on any atom is -0.369 e. The van der Waals surface area contributed by atoms with Gasteiger partial charge in [-0.2, -0.15) is 0 Å². The molecule has 1 atom stereocenters. The third-order valence-corrected chi connectivity index (χ3v) is 5.82. The number of hydrogen-bond acceptors (Lipinski definition) is 4. The molecule has 0 spiro atoms. The van der Waals surface area contributed by atoms with E-state index in [2.05, 4.69) is 27.0 Å². The van der Waals surface area contributed by atoms with E-state index in [0.29, 0.717) is 19.0 Å². The van der Waals surface area contributed by atoms with Crippen molar-refractivity contribution in [2.24, 2.45) is 11.8 Å². The maximum Gasteiger partial charge on any atom is 0.226 e. The molecule has 6 heteroatoms. The van der Waals surface area contributed by atoms with Gasteiger partial charge in [0.05, 0.1) is 18.1 Å². The van der Waals surface area contributed by atoms with Gasteiger partial charge in [0.1, 0.15) is 12.1 Å². The van der Waals surface area contributed by atoms with E-state index in [1.807, 2.05) is 17.3 Å². The molecule has 0 unspecified atom stereocenters. The van der Waals surface area contributed by atoms with Crippen LogP contribution in [0.1, 0.15) is 24.8 Å². The van der Waals surface area contributed by atoms with Gasteiger partial charge in [-0.15, -0.1) is 0 Å². The average molecular weight is 380 g/mol. The molecular weight excluding hydrogens is 355 g/mol. The summed E-state index contributed by atoms with van der Waals surface area (Å²) in [4.78, 5) is 25.6. The molecule has 2 aliphatic heterocycles. The molecule has 5 nitrogen and oxygen atoms in total. The topological polar surface area (TPSA) is 49.3 Å². The number of piperidine rings is 1. The number of halogens is 1. The van der Waals surface area contributed by atoms with Crippen molar-refractivity contribution < 1.29 is 9.18 Å². The first-order valence-electron chi connectivity index (χ1n) is 9.89. The third kappa shape index (κ3) is 4.21. The number of carbonyl (C=O) groups is 1. The number of hydrogen-bond donors (Lipinski definition) is 0. The van der Waals surface area contributed by atoms with E-state index in [0.717, 1.165) is 43.6 Å². The van der Waals surface area contributed by atoms with E-state index in [9.17, 15) is 9.18 Å². The van der Waals surface area contributed by atoms with Crippen molar-refractivity contribution in [1.82, 2.24) is 14.9 Å². The molecule has 1 saturated heterocycles. The third-order valence-electron chi connectivity index (χ3n) is 5.82. The monoisotopic (exact) mass is 380 g/mol. The maximum absolute atomic E-state index is 13.2. The molecule has 2 aliphatic rings. The Balaban J connectivity index is 1.40. The molecule has 4 rings (SSSR count). The lowest BCUT2D eigenvalue weighted by Crippen LogP contribution is -2.42. The van der Waals surface area contributed by atoms with Crippen molar-refractivity contribution in [2.45, 2.75) is 25.8 Å². The van der Waals surface area contributed by atoms with Gasteiger partial charge in [0.15, 0.2) is 0 Å². The SMILES string of the molecule is O=C1[C@@H](C2CCN(c3cncnc3)CC2)CC=CCN1Cc1ccc(F)cc1. The van der Waals surface area contributed by atoms with Crippen molar-refractivity contribution >= 4 is 11.6 Å². The van der Waals surface area contributed by atoms with Gasteiger partial charge in [-0.25, -0.2) is 14.4 Å². The fraction of sp³-hybridized carbons (Fsp3) is 0.409. The normalized spacial score (nSPS) is 21.0. The predicted molar refractivity (Wildman–Crippen MR) is 106 cm³/mol. The van der Waals surface area contributed by atoms with Gasteiger partial charge < -0.3 is 9.80 Å². The van der Waals surface area contributed by atoms with Crippen molar-refractivity contribution in [3.8, 4) is 0 Å². The summed E-state index contributed by atoms with van der Waals surface area (Å²) >= 11 is 0. The van der Waals surface area contributed by atoms with Crippen LogP contribution in [0.4, 0.5) is 10.1 Å². The summed E-state index contributed by atoms with van der Waals surface area (Å²) in [6.45, 7) is 2.99. The maximum atomic E-state index is 13.2. The highest BCUT2D eigenvalue weighted by Gasteiger charge is 2.34. The Morgan fingerprint density at radius 2 is 1.75 bits per heavy atom. The molecule has 0 aliphatic carbocycles. The van der Waals surface area contributed by atoms with Crippen molar-refractivity contribution in [3.63, 3.8) is 0 Å². The van der Waals surface area contributed by atoms with Crippen LogP contribution in [0.15, 0.2) is 55.1 Å². The standard InChI is InChI=1S/C22H25FN4O/c23-19-6-4-17(5-7-19)15-27-10-2-1-3-21(22(27)28)18-8-11-26(12-9-18)20-13-24-16-25-14-20/h1-2,4-7,13-14,16,18,21H,3,8-12,15H2/t21-/m1/s1. The molecule has 0 saturated carbocycles. The number of amides is 1. The number of carbonyl (C=O) groups excluding carboxylic acids is 1. The number of rotatable bonds is 4. The van der Waals surface area contributed by atoms with E-state index in [4.69, 9.17) is 0 Å². The minimum atomic E-state index is -0.251. The average Bonchev–Trinajstić information content (AvgIpc) is 2.92. The van der Waals surface area contributed by atoms with Crippen LogP contribution < -0.4 is 4.90 Å². The first-order chi connectivity index (χ1) is 13.7. The predicted octanol–water partition coefficient (Wildman–Crippen LogP) is 3.44. The first kappa shape index (κ1) is 18.6. The van der Waals surface area contributed by atoms with Crippen LogP contribution >= 0.6 is 0 Å². The Hall–Kier alpha value is -2.76. The second kappa shape index (κ2) is 8.50. The largest absolute Gasteiger partial charge is 0.369 e. The fourth-order valence-corrected chi connectivity index (χ4v) is 4.23. The molecular formula is C22H25FN4O. The number of anilines is 1. The van der Waals surface area contributed by atoms with Gasteiger partial charge in [-0.3, -0.25) is 4.79 Å². The lowest BCUT2D eigenvalue weighted by Gasteiger charge is -2.37. The van der Waals surface area contributed by atoms with E-state index < -0.39 is 0 Å². The summed E-state index contributed by atoms with van der Waals surface area (Å²) in [6.07, 6.45) is 12.2. The molecule has 1 amide bonds. The van der Waals surface area contributed by atoms with Crippen LogP contribution in [-0.4, -0.2) is 40.4 Å². The Morgan fingerprint density at radius 3 is 2.46 bits per heavy atom. The number of allylic oxidation sites excluding steroid dienone is 1. The highest BCUT2D eigenvalue weighted by atomic mass is 19.1. The summed E-state index contributed by atoms with van der Waals surface area (Å²) in [5.41, 5.74) is 2.01. The molecule has 3 heterocycles. The second-order valence-corrected chi connectivity index (χ2v) is 7.58. The van der Waals surface area contributed by atoms with Gasteiger partial charge in [0.25, 0.3) is 0 Å². The van der Waals surface area contributed by atoms with Gasteiger partial charge in [0.2, 0.25) is 5.91 Å². The lowest BCUT2D eigenvalue weighted by atomic mass is 9.81. The van der Waals surface area contributed by atoms with E-state index in [-0.39, 0.29) is 17.6 Å². The van der Waals surface area contributed by atoms with Crippen LogP contribution in [0.2, 0.25) is 0 Å². The molecule has 2 aromatic rings. The van der Waals surface area contributed by atoms with Gasteiger partial charge in [-0.05, 0) is 42.9 Å². The van der Waals surface area contributed by atoms with Gasteiger partial charge in [0, 0.05) is 32.1 Å². The van der Waals surface area contributed by atoms with Crippen molar-refractivity contribution in [2.75, 3.05) is 24.5 Å². The molecule has 0 bridgehead atoms. The summed E-state index contributed by atoms with van der Waals surface area (Å²) in [5.74, 6) is 0.371. The fourth-order valence-electron chi connectivity index (χ4n) is 4.23. The highest BCUT2D eigenvalue weighted by Crippen LogP contribution is 2.32. The molecule has 146 valence electrons. The molecule has 28 heavy (non-hydrogen) atoms. The molecule has 0 N–H and O–H groups in total.